The molecule has 1 aliphatic rings. The van der Waals surface area contributed by atoms with Crippen molar-refractivity contribution in [3.8, 4) is 0 Å². The van der Waals surface area contributed by atoms with E-state index in [9.17, 15) is 4.79 Å². The molecule has 104 valence electrons. The maximum atomic E-state index is 12.4. The molecule has 1 saturated heterocycles. The van der Waals surface area contributed by atoms with Crippen LogP contribution in [0, 0.1) is 5.92 Å². The quantitative estimate of drug-likeness (QED) is 0.908. The molecule has 1 aromatic carbocycles. The lowest BCUT2D eigenvalue weighted by Crippen LogP contribution is -2.43. The number of hydrogen-bond acceptors (Lipinski definition) is 2. The van der Waals surface area contributed by atoms with Crippen LogP contribution in [-0.2, 0) is 4.79 Å². The second-order valence-electron chi connectivity index (χ2n) is 6.35. The Morgan fingerprint density at radius 2 is 2.05 bits per heavy atom. The van der Waals surface area contributed by atoms with Crippen molar-refractivity contribution in [2.45, 2.75) is 45.2 Å². The van der Waals surface area contributed by atoms with Gasteiger partial charge in [0.15, 0.2) is 0 Å². The number of carbonyl (C=O) groups is 1. The molecule has 2 unspecified atom stereocenters. The molecule has 1 amide bonds. The van der Waals surface area contributed by atoms with Gasteiger partial charge in [0.25, 0.3) is 0 Å². The zero-order valence-corrected chi connectivity index (χ0v) is 12.1. The maximum absolute atomic E-state index is 12.4. The van der Waals surface area contributed by atoms with E-state index in [2.05, 4.69) is 20.8 Å². The summed E-state index contributed by atoms with van der Waals surface area (Å²) in [7, 11) is 0. The Kier molecular flexibility index (Phi) is 3.95. The Balaban J connectivity index is 2.02. The van der Waals surface area contributed by atoms with Gasteiger partial charge in [0.1, 0.15) is 0 Å². The van der Waals surface area contributed by atoms with Crippen molar-refractivity contribution in [1.82, 2.24) is 4.90 Å². The lowest BCUT2D eigenvalue weighted by molar-refractivity contribution is -0.134. The van der Waals surface area contributed by atoms with Crippen LogP contribution in [0.25, 0.3) is 0 Å². The minimum Gasteiger partial charge on any atom is -0.337 e. The molecule has 3 heteroatoms. The van der Waals surface area contributed by atoms with E-state index in [1.807, 2.05) is 35.2 Å². The zero-order chi connectivity index (χ0) is 14.0. The van der Waals surface area contributed by atoms with Crippen LogP contribution in [0.3, 0.4) is 0 Å². The minimum atomic E-state index is -0.208. The molecular weight excluding hydrogens is 236 g/mol. The van der Waals surface area contributed by atoms with Gasteiger partial charge in [-0.15, -0.1) is 0 Å². The van der Waals surface area contributed by atoms with Crippen molar-refractivity contribution < 1.29 is 4.79 Å². The first-order valence-electron chi connectivity index (χ1n) is 7.01. The van der Waals surface area contributed by atoms with Crippen molar-refractivity contribution >= 4 is 5.91 Å². The number of nitrogens with two attached hydrogens (primary N) is 1. The molecule has 1 heterocycles. The van der Waals surface area contributed by atoms with Gasteiger partial charge in [-0.25, -0.2) is 0 Å². The fourth-order valence-corrected chi connectivity index (χ4v) is 3.14. The molecule has 0 spiro atoms. The molecule has 2 N–H and O–H groups in total. The summed E-state index contributed by atoms with van der Waals surface area (Å²) in [5, 5.41) is 0. The summed E-state index contributed by atoms with van der Waals surface area (Å²) in [6, 6.07) is 9.64. The molecule has 1 aromatic rings. The lowest BCUT2D eigenvalue weighted by Gasteiger charge is -2.32. The van der Waals surface area contributed by atoms with Crippen LogP contribution in [-0.4, -0.2) is 22.9 Å². The molecular formula is C16H24N2O. The number of likely N-dealkylation sites (tertiary alicyclic amines) is 1. The number of hydrogen-bond donors (Lipinski definition) is 1. The topological polar surface area (TPSA) is 46.3 Å². The zero-order valence-electron chi connectivity index (χ0n) is 12.1. The number of rotatable bonds is 3. The Morgan fingerprint density at radius 3 is 2.58 bits per heavy atom. The molecule has 2 atom stereocenters. The van der Waals surface area contributed by atoms with Crippen molar-refractivity contribution in [3.05, 3.63) is 35.9 Å². The first-order valence-corrected chi connectivity index (χ1v) is 7.01. The first kappa shape index (κ1) is 14.1. The third-order valence-electron chi connectivity index (χ3n) is 4.00. The van der Waals surface area contributed by atoms with Gasteiger partial charge in [0.05, 0.1) is 0 Å². The van der Waals surface area contributed by atoms with E-state index in [1.54, 1.807) is 0 Å². The molecule has 1 aliphatic heterocycles. The van der Waals surface area contributed by atoms with Crippen molar-refractivity contribution in [2.24, 2.45) is 11.7 Å². The monoisotopic (exact) mass is 260 g/mol. The molecule has 2 rings (SSSR count). The summed E-state index contributed by atoms with van der Waals surface area (Å²) in [4.78, 5) is 14.4. The second kappa shape index (κ2) is 5.33. The highest BCUT2D eigenvalue weighted by Gasteiger charge is 2.39. The van der Waals surface area contributed by atoms with Crippen molar-refractivity contribution in [2.75, 3.05) is 6.54 Å². The molecule has 3 nitrogen and oxygen atoms in total. The molecule has 1 fully saturated rings. The summed E-state index contributed by atoms with van der Waals surface area (Å²) in [5.74, 6) is 0.748. The van der Waals surface area contributed by atoms with Gasteiger partial charge in [-0.3, -0.25) is 4.79 Å². The maximum Gasteiger partial charge on any atom is 0.224 e. The Labute approximate surface area is 115 Å². The van der Waals surface area contributed by atoms with Crippen molar-refractivity contribution in [3.63, 3.8) is 0 Å². The summed E-state index contributed by atoms with van der Waals surface area (Å²) in [6.07, 6.45) is 1.46. The SMILES string of the molecule is CC1CN(C(=O)CC(N)c2ccccc2)C(C)(C)C1. The van der Waals surface area contributed by atoms with Crippen LogP contribution in [0.15, 0.2) is 30.3 Å². The second-order valence-corrected chi connectivity index (χ2v) is 6.35. The van der Waals surface area contributed by atoms with Gasteiger partial charge in [0.2, 0.25) is 5.91 Å². The largest absolute Gasteiger partial charge is 0.337 e. The number of amides is 1. The smallest absolute Gasteiger partial charge is 0.224 e. The normalized spacial score (nSPS) is 23.4. The van der Waals surface area contributed by atoms with Crippen molar-refractivity contribution in [1.29, 1.82) is 0 Å². The Bertz CT molecular complexity index is 441. The number of carbonyl (C=O) groups excluding carboxylic acids is 1. The van der Waals surface area contributed by atoms with Gasteiger partial charge >= 0.3 is 0 Å². The van der Waals surface area contributed by atoms with Crippen LogP contribution in [0.1, 0.15) is 45.2 Å². The molecule has 0 bridgehead atoms. The highest BCUT2D eigenvalue weighted by molar-refractivity contribution is 5.78. The molecule has 0 radical (unpaired) electrons. The summed E-state index contributed by atoms with van der Waals surface area (Å²) in [5.41, 5.74) is 7.13. The fraction of sp³-hybridized carbons (Fsp3) is 0.562. The van der Waals surface area contributed by atoms with Gasteiger partial charge in [-0.05, 0) is 31.7 Å². The van der Waals surface area contributed by atoms with E-state index in [1.165, 1.54) is 0 Å². The third kappa shape index (κ3) is 3.16. The Hall–Kier alpha value is -1.35. The highest BCUT2D eigenvalue weighted by Crippen LogP contribution is 2.33. The number of nitrogens with zero attached hydrogens (tertiary/aromatic N) is 1. The minimum absolute atomic E-state index is 0.0348. The highest BCUT2D eigenvalue weighted by atomic mass is 16.2. The summed E-state index contributed by atoms with van der Waals surface area (Å²) in [6.45, 7) is 7.34. The predicted octanol–water partition coefficient (Wildman–Crippen LogP) is 2.72. The van der Waals surface area contributed by atoms with Crippen LogP contribution in [0.5, 0.6) is 0 Å². The van der Waals surface area contributed by atoms with E-state index < -0.39 is 0 Å². The first-order chi connectivity index (χ1) is 8.90. The predicted molar refractivity (Wildman–Crippen MR) is 77.6 cm³/mol. The third-order valence-corrected chi connectivity index (χ3v) is 4.00. The standard InChI is InChI=1S/C16H24N2O/c1-12-10-16(2,3)18(11-12)15(19)9-14(17)13-7-5-4-6-8-13/h4-8,12,14H,9-11,17H2,1-3H3. The Morgan fingerprint density at radius 1 is 1.42 bits per heavy atom. The van der Waals surface area contributed by atoms with Gasteiger partial charge < -0.3 is 10.6 Å². The van der Waals surface area contributed by atoms with E-state index >= 15 is 0 Å². The molecule has 0 aliphatic carbocycles. The van der Waals surface area contributed by atoms with Gasteiger partial charge in [-0.1, -0.05) is 37.3 Å². The summed E-state index contributed by atoms with van der Waals surface area (Å²) < 4.78 is 0. The van der Waals surface area contributed by atoms with Crippen LogP contribution in [0.2, 0.25) is 0 Å². The van der Waals surface area contributed by atoms with E-state index in [0.29, 0.717) is 12.3 Å². The van der Waals surface area contributed by atoms with Crippen LogP contribution >= 0.6 is 0 Å². The molecule has 0 saturated carbocycles. The lowest BCUT2D eigenvalue weighted by atomic mass is 9.97. The van der Waals surface area contributed by atoms with Gasteiger partial charge in [-0.2, -0.15) is 0 Å². The van der Waals surface area contributed by atoms with E-state index in [0.717, 1.165) is 18.5 Å². The molecule has 19 heavy (non-hydrogen) atoms. The fourth-order valence-electron chi connectivity index (χ4n) is 3.14. The van der Waals surface area contributed by atoms with Gasteiger partial charge in [0, 0.05) is 24.5 Å². The van der Waals surface area contributed by atoms with Crippen LogP contribution < -0.4 is 5.73 Å². The van der Waals surface area contributed by atoms with Crippen LogP contribution in [0.4, 0.5) is 0 Å². The van der Waals surface area contributed by atoms with E-state index in [4.69, 9.17) is 5.73 Å². The summed E-state index contributed by atoms with van der Waals surface area (Å²) >= 11 is 0. The molecule has 0 aromatic heterocycles. The number of benzene rings is 1. The average molecular weight is 260 g/mol. The average Bonchev–Trinajstić information content (AvgIpc) is 2.63. The van der Waals surface area contributed by atoms with E-state index in [-0.39, 0.29) is 17.5 Å².